The number of carboxylic acid groups (broad SMARTS) is 1. The molecule has 1 aliphatic heterocycles. The van der Waals surface area contributed by atoms with Gasteiger partial charge in [-0.15, -0.1) is 11.3 Å². The van der Waals surface area contributed by atoms with Crippen LogP contribution in [-0.4, -0.2) is 57.7 Å². The number of carbonyl (C=O) groups is 2. The third-order valence-corrected chi connectivity index (χ3v) is 7.55. The van der Waals surface area contributed by atoms with E-state index in [1.54, 1.807) is 29.1 Å². The molecular formula is C24H26N4O5S. The lowest BCUT2D eigenvalue weighted by Gasteiger charge is -2.40. The van der Waals surface area contributed by atoms with Crippen LogP contribution in [0.2, 0.25) is 0 Å². The molecule has 5 rings (SSSR count). The van der Waals surface area contributed by atoms with Crippen LogP contribution in [0, 0.1) is 18.3 Å². The van der Waals surface area contributed by atoms with E-state index in [1.807, 2.05) is 11.8 Å². The van der Waals surface area contributed by atoms with Crippen LogP contribution < -0.4 is 10.3 Å². The summed E-state index contributed by atoms with van der Waals surface area (Å²) < 4.78 is 7.13. The number of rotatable bonds is 9. The number of hydrogen-bond acceptors (Lipinski definition) is 8. The van der Waals surface area contributed by atoms with Crippen LogP contribution in [0.3, 0.4) is 0 Å². The number of aromatic carboxylic acids is 1. The maximum absolute atomic E-state index is 12.9. The zero-order valence-corrected chi connectivity index (χ0v) is 19.9. The van der Waals surface area contributed by atoms with Crippen LogP contribution in [0.15, 0.2) is 28.6 Å². The molecule has 2 aliphatic rings. The molecule has 4 heterocycles. The topological polar surface area (TPSA) is 115 Å². The molecule has 0 amide bonds. The van der Waals surface area contributed by atoms with Crippen molar-refractivity contribution >= 4 is 39.9 Å². The standard InChI is InChI=1S/C24H26N4O5S/c1-3-33-13-24(4-5-24)9-17(29)15-10-27(11-15)18-8-14(2)19-20(30)16(22(31)32)12-28(21(19)26-18)23-25-6-7-34-23/h6-8,12,15H,3-5,9-11,13H2,1-2H3,(H,31,32). The number of pyridine rings is 2. The van der Waals surface area contributed by atoms with Crippen LogP contribution in [-0.2, 0) is 9.53 Å². The first-order valence-electron chi connectivity index (χ1n) is 11.4. The van der Waals surface area contributed by atoms with Crippen LogP contribution >= 0.6 is 11.3 Å². The molecule has 0 spiro atoms. The highest BCUT2D eigenvalue weighted by atomic mass is 32.1. The summed E-state index contributed by atoms with van der Waals surface area (Å²) in [5.74, 6) is -0.385. The third-order valence-electron chi connectivity index (χ3n) is 6.78. The van der Waals surface area contributed by atoms with Gasteiger partial charge in [0.15, 0.2) is 10.8 Å². The number of carbonyl (C=O) groups excluding carboxylic acids is 1. The largest absolute Gasteiger partial charge is 0.477 e. The van der Waals surface area contributed by atoms with E-state index >= 15 is 0 Å². The summed E-state index contributed by atoms with van der Waals surface area (Å²) in [4.78, 5) is 48.5. The Morgan fingerprint density at radius 3 is 2.71 bits per heavy atom. The van der Waals surface area contributed by atoms with Gasteiger partial charge in [-0.2, -0.15) is 0 Å². The van der Waals surface area contributed by atoms with Crippen molar-refractivity contribution in [3.05, 3.63) is 45.2 Å². The van der Waals surface area contributed by atoms with Crippen LogP contribution in [0.5, 0.6) is 0 Å². The number of carboxylic acids is 1. The lowest BCUT2D eigenvalue weighted by Crippen LogP contribution is -2.51. The summed E-state index contributed by atoms with van der Waals surface area (Å²) in [7, 11) is 0. The first kappa shape index (κ1) is 22.7. The number of nitrogens with zero attached hydrogens (tertiary/aromatic N) is 4. The van der Waals surface area contributed by atoms with E-state index in [2.05, 4.69) is 4.98 Å². The Labute approximate surface area is 200 Å². The number of ether oxygens (including phenoxy) is 1. The van der Waals surface area contributed by atoms with E-state index in [4.69, 9.17) is 9.72 Å². The number of thiazole rings is 1. The highest BCUT2D eigenvalue weighted by molar-refractivity contribution is 7.12. The minimum absolute atomic E-state index is 0.0348. The number of ketones is 1. The van der Waals surface area contributed by atoms with Crippen molar-refractivity contribution in [2.24, 2.45) is 11.3 Å². The van der Waals surface area contributed by atoms with E-state index in [0.29, 0.717) is 54.9 Å². The lowest BCUT2D eigenvalue weighted by atomic mass is 9.87. The van der Waals surface area contributed by atoms with Gasteiger partial charge in [-0.3, -0.25) is 14.2 Å². The van der Waals surface area contributed by atoms with Gasteiger partial charge in [0.05, 0.1) is 17.9 Å². The summed E-state index contributed by atoms with van der Waals surface area (Å²) in [5.41, 5.74) is 0.158. The molecule has 3 aromatic heterocycles. The predicted molar refractivity (Wildman–Crippen MR) is 128 cm³/mol. The van der Waals surface area contributed by atoms with Crippen molar-refractivity contribution in [1.29, 1.82) is 0 Å². The molecule has 1 saturated carbocycles. The van der Waals surface area contributed by atoms with Gasteiger partial charge in [-0.25, -0.2) is 14.8 Å². The summed E-state index contributed by atoms with van der Waals surface area (Å²) in [6.07, 6.45) is 5.57. The Hall–Kier alpha value is -3.11. The quantitative estimate of drug-likeness (QED) is 0.495. The normalized spacial score (nSPS) is 17.1. The zero-order valence-electron chi connectivity index (χ0n) is 19.1. The number of Topliss-reactive ketones (excluding diaryl/α,β-unsaturated/α-hetero) is 1. The smallest absolute Gasteiger partial charge is 0.341 e. The second-order valence-electron chi connectivity index (χ2n) is 9.24. The van der Waals surface area contributed by atoms with E-state index in [1.165, 1.54) is 17.5 Å². The monoisotopic (exact) mass is 482 g/mol. The Kier molecular flexibility index (Phi) is 5.73. The van der Waals surface area contributed by atoms with Crippen molar-refractivity contribution in [3.8, 4) is 5.13 Å². The highest BCUT2D eigenvalue weighted by Crippen LogP contribution is 2.50. The summed E-state index contributed by atoms with van der Waals surface area (Å²) in [6, 6.07) is 1.79. The van der Waals surface area contributed by atoms with Crippen LogP contribution in [0.25, 0.3) is 16.2 Å². The molecule has 0 unspecified atom stereocenters. The van der Waals surface area contributed by atoms with Crippen LogP contribution in [0.4, 0.5) is 5.82 Å². The number of anilines is 1. The Balaban J connectivity index is 1.42. The third kappa shape index (κ3) is 4.01. The van der Waals surface area contributed by atoms with Gasteiger partial charge in [0, 0.05) is 49.3 Å². The van der Waals surface area contributed by atoms with Crippen molar-refractivity contribution < 1.29 is 19.4 Å². The molecule has 3 aromatic rings. The minimum Gasteiger partial charge on any atom is -0.477 e. The highest BCUT2D eigenvalue weighted by Gasteiger charge is 2.47. The molecule has 0 aromatic carbocycles. The molecule has 178 valence electrons. The maximum Gasteiger partial charge on any atom is 0.341 e. The van der Waals surface area contributed by atoms with Gasteiger partial charge < -0.3 is 14.7 Å². The molecule has 9 nitrogen and oxygen atoms in total. The Morgan fingerprint density at radius 1 is 1.32 bits per heavy atom. The average molecular weight is 483 g/mol. The molecule has 0 radical (unpaired) electrons. The second kappa shape index (κ2) is 8.59. The summed E-state index contributed by atoms with van der Waals surface area (Å²) in [5, 5.41) is 12.1. The first-order valence-corrected chi connectivity index (χ1v) is 12.3. The molecule has 10 heteroatoms. The predicted octanol–water partition coefficient (Wildman–Crippen LogP) is 3.06. The van der Waals surface area contributed by atoms with Gasteiger partial charge in [-0.05, 0) is 38.3 Å². The Morgan fingerprint density at radius 2 is 2.09 bits per heavy atom. The van der Waals surface area contributed by atoms with Crippen LogP contribution in [0.1, 0.15) is 42.1 Å². The second-order valence-corrected chi connectivity index (χ2v) is 10.1. The van der Waals surface area contributed by atoms with Gasteiger partial charge in [0.25, 0.3) is 0 Å². The van der Waals surface area contributed by atoms with Crippen molar-refractivity contribution in [2.75, 3.05) is 31.2 Å². The molecule has 2 fully saturated rings. The van der Waals surface area contributed by atoms with Gasteiger partial charge in [-0.1, -0.05) is 0 Å². The first-order chi connectivity index (χ1) is 16.3. The van der Waals surface area contributed by atoms with Gasteiger partial charge >= 0.3 is 5.97 Å². The van der Waals surface area contributed by atoms with E-state index in [0.717, 1.165) is 12.8 Å². The molecule has 0 bridgehead atoms. The molecule has 1 aliphatic carbocycles. The average Bonchev–Trinajstić information content (AvgIpc) is 3.29. The molecule has 0 atom stereocenters. The summed E-state index contributed by atoms with van der Waals surface area (Å²) in [6.45, 7) is 6.23. The molecule has 34 heavy (non-hydrogen) atoms. The Bertz CT molecular complexity index is 1320. The van der Waals surface area contributed by atoms with Crippen molar-refractivity contribution in [1.82, 2.24) is 14.5 Å². The van der Waals surface area contributed by atoms with E-state index < -0.39 is 11.4 Å². The molecular weight excluding hydrogens is 456 g/mol. The number of aryl methyl sites for hydroxylation is 1. The van der Waals surface area contributed by atoms with Gasteiger partial charge in [0.2, 0.25) is 5.43 Å². The molecule has 1 N–H and O–H groups in total. The number of fused-ring (bicyclic) bond motifs is 1. The van der Waals surface area contributed by atoms with Crippen molar-refractivity contribution in [3.63, 3.8) is 0 Å². The summed E-state index contributed by atoms with van der Waals surface area (Å²) >= 11 is 1.33. The van der Waals surface area contributed by atoms with Gasteiger partial charge in [0.1, 0.15) is 17.2 Å². The fourth-order valence-electron chi connectivity index (χ4n) is 4.52. The minimum atomic E-state index is -1.29. The zero-order chi connectivity index (χ0) is 24.0. The fraction of sp³-hybridized carbons (Fsp3) is 0.458. The van der Waals surface area contributed by atoms with Crippen molar-refractivity contribution in [2.45, 2.75) is 33.1 Å². The lowest BCUT2D eigenvalue weighted by molar-refractivity contribution is -0.125. The number of hydrogen-bond donors (Lipinski definition) is 1. The van der Waals surface area contributed by atoms with E-state index in [-0.39, 0.29) is 28.1 Å². The van der Waals surface area contributed by atoms with E-state index in [9.17, 15) is 19.5 Å². The maximum atomic E-state index is 12.9. The molecule has 1 saturated heterocycles. The SMILES string of the molecule is CCOCC1(CC(=O)C2CN(c3cc(C)c4c(=O)c(C(=O)O)cn(-c5nccs5)c4n3)C2)CC1. The number of aromatic nitrogens is 3. The fourth-order valence-corrected chi connectivity index (χ4v) is 5.14.